The van der Waals surface area contributed by atoms with Crippen molar-refractivity contribution < 1.29 is 24.8 Å². The molecule has 0 saturated carbocycles. The van der Waals surface area contributed by atoms with Crippen molar-refractivity contribution in [3.63, 3.8) is 0 Å². The molecule has 0 amide bonds. The Hall–Kier alpha value is -1.63. The molecule has 0 radical (unpaired) electrons. The van der Waals surface area contributed by atoms with Gasteiger partial charge in [0.25, 0.3) is 0 Å². The lowest BCUT2D eigenvalue weighted by Crippen LogP contribution is -2.47. The van der Waals surface area contributed by atoms with E-state index in [0.29, 0.717) is 18.1 Å². The molecular formula is C22H29ClO5. The molecule has 154 valence electrons. The maximum absolute atomic E-state index is 10.1. The molecule has 1 aliphatic heterocycles. The van der Waals surface area contributed by atoms with Crippen LogP contribution in [-0.2, 0) is 11.2 Å². The van der Waals surface area contributed by atoms with Crippen LogP contribution in [0.1, 0.15) is 43.6 Å². The molecule has 1 saturated heterocycles. The summed E-state index contributed by atoms with van der Waals surface area (Å²) in [6, 6.07) is 13.5. The van der Waals surface area contributed by atoms with Gasteiger partial charge in [-0.15, -0.1) is 0 Å². The topological polar surface area (TPSA) is 79.2 Å². The molecule has 1 heterocycles. The van der Waals surface area contributed by atoms with E-state index in [-0.39, 0.29) is 20.5 Å². The monoisotopic (exact) mass is 408 g/mol. The van der Waals surface area contributed by atoms with Crippen LogP contribution in [0.4, 0.5) is 0 Å². The van der Waals surface area contributed by atoms with Crippen LogP contribution in [0.15, 0.2) is 42.5 Å². The molecule has 2 aromatic rings. The molecule has 0 bridgehead atoms. The van der Waals surface area contributed by atoms with Gasteiger partial charge in [0.1, 0.15) is 18.0 Å². The van der Waals surface area contributed by atoms with E-state index < -0.39 is 24.4 Å². The second-order valence-electron chi connectivity index (χ2n) is 6.74. The molecule has 6 heteroatoms. The highest BCUT2D eigenvalue weighted by atomic mass is 35.5. The largest absolute Gasteiger partial charge is 0.494 e. The summed E-state index contributed by atoms with van der Waals surface area (Å²) in [6.45, 7) is 2.23. The fourth-order valence-electron chi connectivity index (χ4n) is 3.34. The molecule has 0 aliphatic carbocycles. The molecule has 2 aromatic carbocycles. The minimum absolute atomic E-state index is 0. The van der Waals surface area contributed by atoms with E-state index in [1.165, 1.54) is 0 Å². The van der Waals surface area contributed by atoms with Gasteiger partial charge in [-0.25, -0.2) is 0 Å². The normalized spacial score (nSPS) is 24.5. The van der Waals surface area contributed by atoms with Crippen molar-refractivity contribution in [2.24, 2.45) is 0 Å². The molecule has 3 rings (SSSR count). The summed E-state index contributed by atoms with van der Waals surface area (Å²) >= 11 is 6.38. The minimum Gasteiger partial charge on any atom is -0.494 e. The van der Waals surface area contributed by atoms with Crippen molar-refractivity contribution in [1.29, 1.82) is 0 Å². The molecule has 1 aliphatic rings. The van der Waals surface area contributed by atoms with Gasteiger partial charge >= 0.3 is 0 Å². The van der Waals surface area contributed by atoms with E-state index >= 15 is 0 Å². The Morgan fingerprint density at radius 1 is 1.14 bits per heavy atom. The molecule has 3 unspecified atom stereocenters. The molecule has 28 heavy (non-hydrogen) atoms. The third-order valence-corrected chi connectivity index (χ3v) is 5.19. The number of aliphatic hydroxyl groups excluding tert-OH is 3. The quantitative estimate of drug-likeness (QED) is 0.681. The predicted molar refractivity (Wildman–Crippen MR) is 110 cm³/mol. The van der Waals surface area contributed by atoms with Gasteiger partial charge in [0, 0.05) is 11.4 Å². The maximum atomic E-state index is 10.1. The first kappa shape index (κ1) is 22.7. The Labute approximate surface area is 171 Å². The molecule has 0 spiro atoms. The fraction of sp³-hybridized carbons (Fsp3) is 0.455. The maximum Gasteiger partial charge on any atom is 0.119 e. The highest BCUT2D eigenvalue weighted by Crippen LogP contribution is 2.34. The SMILES string of the molecule is C.CCOc1ccc(Cc2cc(C3CC(O)[C@H](O)C(CO)O3)ccc2Cl)cc1. The molecular weight excluding hydrogens is 380 g/mol. The van der Waals surface area contributed by atoms with Gasteiger partial charge < -0.3 is 24.8 Å². The minimum atomic E-state index is -1.08. The third kappa shape index (κ3) is 5.25. The number of rotatable bonds is 6. The summed E-state index contributed by atoms with van der Waals surface area (Å²) in [5, 5.41) is 30.0. The lowest BCUT2D eigenvalue weighted by molar-refractivity contribution is -0.181. The van der Waals surface area contributed by atoms with Gasteiger partial charge in [-0.2, -0.15) is 0 Å². The van der Waals surface area contributed by atoms with Crippen molar-refractivity contribution in [2.75, 3.05) is 13.2 Å². The van der Waals surface area contributed by atoms with Gasteiger partial charge in [0.05, 0.1) is 25.4 Å². The Kier molecular flexibility index (Phi) is 8.28. The Bertz CT molecular complexity index is 749. The van der Waals surface area contributed by atoms with Crippen LogP contribution in [0, 0.1) is 0 Å². The summed E-state index contributed by atoms with van der Waals surface area (Å²) in [5.41, 5.74) is 2.92. The van der Waals surface area contributed by atoms with Gasteiger partial charge in [-0.1, -0.05) is 43.3 Å². The number of halogens is 1. The standard InChI is InChI=1S/C21H25ClO5.CH4/c1-2-26-16-6-3-13(4-7-16)9-15-10-14(5-8-17(15)22)19-11-18(24)21(25)20(12-23)27-19;/h3-8,10,18-21,23-25H,2,9,11-12H2,1H3;1H4/t18?,19?,20?,21-;/m0./s1. The summed E-state index contributed by atoms with van der Waals surface area (Å²) in [4.78, 5) is 0. The van der Waals surface area contributed by atoms with Gasteiger partial charge in [-0.05, 0) is 48.2 Å². The second kappa shape index (κ2) is 10.2. The van der Waals surface area contributed by atoms with Crippen LogP contribution in [0.3, 0.4) is 0 Å². The van der Waals surface area contributed by atoms with Gasteiger partial charge in [0.15, 0.2) is 0 Å². The van der Waals surface area contributed by atoms with Crippen LogP contribution < -0.4 is 4.74 Å². The van der Waals surface area contributed by atoms with Crippen molar-refractivity contribution in [2.45, 2.75) is 51.6 Å². The van der Waals surface area contributed by atoms with Crippen molar-refractivity contribution in [3.8, 4) is 5.75 Å². The molecule has 4 atom stereocenters. The van der Waals surface area contributed by atoms with Gasteiger partial charge in [-0.3, -0.25) is 0 Å². The Morgan fingerprint density at radius 3 is 2.50 bits per heavy atom. The predicted octanol–water partition coefficient (Wildman–Crippen LogP) is 3.51. The highest BCUT2D eigenvalue weighted by Gasteiger charge is 2.37. The number of hydrogen-bond donors (Lipinski definition) is 3. The Morgan fingerprint density at radius 2 is 1.86 bits per heavy atom. The fourth-order valence-corrected chi connectivity index (χ4v) is 3.52. The zero-order valence-electron chi connectivity index (χ0n) is 15.2. The van der Waals surface area contributed by atoms with E-state index in [2.05, 4.69) is 0 Å². The number of aliphatic hydroxyl groups is 3. The highest BCUT2D eigenvalue weighted by molar-refractivity contribution is 6.31. The van der Waals surface area contributed by atoms with Crippen molar-refractivity contribution >= 4 is 11.6 Å². The van der Waals surface area contributed by atoms with E-state index in [4.69, 9.17) is 21.1 Å². The molecule has 0 aromatic heterocycles. The van der Waals surface area contributed by atoms with Crippen LogP contribution in [-0.4, -0.2) is 46.8 Å². The molecule has 5 nitrogen and oxygen atoms in total. The second-order valence-corrected chi connectivity index (χ2v) is 7.15. The first-order chi connectivity index (χ1) is 13.0. The van der Waals surface area contributed by atoms with Crippen LogP contribution in [0.2, 0.25) is 5.02 Å². The molecule has 3 N–H and O–H groups in total. The summed E-state index contributed by atoms with van der Waals surface area (Å²) in [6.07, 6.45) is -2.31. The van der Waals surface area contributed by atoms with E-state index in [0.717, 1.165) is 22.4 Å². The number of hydrogen-bond acceptors (Lipinski definition) is 5. The van der Waals surface area contributed by atoms with Crippen LogP contribution in [0.25, 0.3) is 0 Å². The average molecular weight is 409 g/mol. The first-order valence-electron chi connectivity index (χ1n) is 9.14. The van der Waals surface area contributed by atoms with E-state index in [9.17, 15) is 15.3 Å². The zero-order valence-corrected chi connectivity index (χ0v) is 16.0. The number of benzene rings is 2. The lowest BCUT2D eigenvalue weighted by Gasteiger charge is -2.36. The zero-order chi connectivity index (χ0) is 19.4. The third-order valence-electron chi connectivity index (χ3n) is 4.82. The van der Waals surface area contributed by atoms with Gasteiger partial charge in [0.2, 0.25) is 0 Å². The van der Waals surface area contributed by atoms with Crippen LogP contribution >= 0.6 is 11.6 Å². The van der Waals surface area contributed by atoms with Crippen molar-refractivity contribution in [3.05, 3.63) is 64.2 Å². The summed E-state index contributed by atoms with van der Waals surface area (Å²) in [5.74, 6) is 0.833. The van der Waals surface area contributed by atoms with E-state index in [1.807, 2.05) is 49.4 Å². The summed E-state index contributed by atoms with van der Waals surface area (Å²) < 4.78 is 11.2. The summed E-state index contributed by atoms with van der Waals surface area (Å²) in [7, 11) is 0. The van der Waals surface area contributed by atoms with Crippen LogP contribution in [0.5, 0.6) is 5.75 Å². The average Bonchev–Trinajstić information content (AvgIpc) is 2.67. The Balaban J connectivity index is 0.00000280. The van der Waals surface area contributed by atoms with Crippen molar-refractivity contribution in [1.82, 2.24) is 0 Å². The first-order valence-corrected chi connectivity index (χ1v) is 9.52. The van der Waals surface area contributed by atoms with E-state index in [1.54, 1.807) is 0 Å². The number of ether oxygens (including phenoxy) is 2. The lowest BCUT2D eigenvalue weighted by atomic mass is 9.92. The smallest absolute Gasteiger partial charge is 0.119 e. The molecule has 1 fully saturated rings.